The maximum absolute atomic E-state index is 2.86. The van der Waals surface area contributed by atoms with Crippen LogP contribution in [0.3, 0.4) is 0 Å². The van der Waals surface area contributed by atoms with E-state index in [-0.39, 0.29) is 49.7 Å². The second kappa shape index (κ2) is 7.86. The van der Waals surface area contributed by atoms with E-state index in [1.165, 1.54) is 0 Å². The fourth-order valence-corrected chi connectivity index (χ4v) is 0.304. The van der Waals surface area contributed by atoms with Gasteiger partial charge >= 0.3 is 0 Å². The summed E-state index contributed by atoms with van der Waals surface area (Å²) in [6, 6.07) is 13.0. The first-order chi connectivity index (χ1) is 3.00. The molecule has 0 nitrogen and oxygen atoms in total. The quantitative estimate of drug-likeness (QED) is 0.608. The van der Waals surface area contributed by atoms with Crippen LogP contribution < -0.4 is 0 Å². The van der Waals surface area contributed by atoms with Gasteiger partial charge in [0.15, 0.2) is 0 Å². The molecule has 0 N–H and O–H groups in total. The SMILES string of the molecule is [U].[V].[c-]1cc[c-]cc1. The van der Waals surface area contributed by atoms with Crippen molar-refractivity contribution < 1.29 is 49.7 Å². The molecule has 0 aliphatic heterocycles. The first-order valence-corrected chi connectivity index (χ1v) is 1.82. The normalized spacial score (nSPS) is 6.00. The molecule has 0 aliphatic rings. The molecule has 0 saturated heterocycles. The second-order valence-corrected chi connectivity index (χ2v) is 1.00. The zero-order chi connectivity index (χ0) is 4.24. The van der Waals surface area contributed by atoms with Crippen molar-refractivity contribution in [3.63, 3.8) is 0 Å². The molecule has 0 atom stereocenters. The van der Waals surface area contributed by atoms with Crippen LogP contribution in [0.1, 0.15) is 0 Å². The summed E-state index contributed by atoms with van der Waals surface area (Å²) in [5.74, 6) is 0. The third kappa shape index (κ3) is 5.00. The molecular weight excluding hydrogens is 361 g/mol. The summed E-state index contributed by atoms with van der Waals surface area (Å²) in [6.45, 7) is 0. The summed E-state index contributed by atoms with van der Waals surface area (Å²) >= 11 is 0. The van der Waals surface area contributed by atoms with E-state index < -0.39 is 0 Å². The Morgan fingerprint density at radius 3 is 1.12 bits per heavy atom. The van der Waals surface area contributed by atoms with E-state index in [2.05, 4.69) is 12.1 Å². The summed E-state index contributed by atoms with van der Waals surface area (Å²) in [5, 5.41) is 0. The molecule has 0 saturated carbocycles. The molecule has 1 radical (unpaired) electrons. The summed E-state index contributed by atoms with van der Waals surface area (Å²) in [7, 11) is 0. The minimum Gasteiger partial charge on any atom is -0.319 e. The molecule has 1 aromatic carbocycles. The molecule has 39 valence electrons. The van der Waals surface area contributed by atoms with Crippen LogP contribution in [0.4, 0.5) is 0 Å². The van der Waals surface area contributed by atoms with Gasteiger partial charge < -0.3 is 12.1 Å². The van der Waals surface area contributed by atoms with Crippen LogP contribution in [0, 0.1) is 43.2 Å². The molecule has 0 heterocycles. The Kier molecular flexibility index (Phi) is 11.4. The van der Waals surface area contributed by atoms with Crippen molar-refractivity contribution in [1.29, 1.82) is 0 Å². The molecule has 0 aromatic heterocycles. The van der Waals surface area contributed by atoms with Gasteiger partial charge in [-0.1, -0.05) is 0 Å². The van der Waals surface area contributed by atoms with Crippen LogP contribution in [-0.4, -0.2) is 0 Å². The minimum absolute atomic E-state index is 0. The molecule has 0 unspecified atom stereocenters. The molecule has 0 fully saturated rings. The van der Waals surface area contributed by atoms with E-state index >= 15 is 0 Å². The average Bonchev–Trinajstić information content (AvgIpc) is 1.72. The van der Waals surface area contributed by atoms with Crippen molar-refractivity contribution in [2.75, 3.05) is 0 Å². The predicted octanol–water partition coefficient (Wildman–Crippen LogP) is 1.28. The van der Waals surface area contributed by atoms with E-state index in [0.29, 0.717) is 0 Å². The van der Waals surface area contributed by atoms with Gasteiger partial charge in [-0.3, -0.25) is 24.3 Å². The second-order valence-electron chi connectivity index (χ2n) is 1.00. The number of benzene rings is 1. The molecule has 2 heteroatoms. The minimum atomic E-state index is 0. The number of hydrogen-bond acceptors (Lipinski definition) is 0. The fourth-order valence-electron chi connectivity index (χ4n) is 0.304. The summed E-state index contributed by atoms with van der Waals surface area (Å²) < 4.78 is 0. The largest absolute Gasteiger partial charge is 0.319 e. The standard InChI is InChI=1S/C6H4.U.V/c1-2-4-6-5-3-1;;/h1-2,5-6H;;/q-2;;. The monoisotopic (exact) mass is 365 g/mol. The van der Waals surface area contributed by atoms with Crippen LogP contribution >= 0.6 is 0 Å². The van der Waals surface area contributed by atoms with Gasteiger partial charge in [-0.05, 0) is 0 Å². The first-order valence-electron chi connectivity index (χ1n) is 1.82. The van der Waals surface area contributed by atoms with Crippen LogP contribution in [0.15, 0.2) is 24.3 Å². The third-order valence-corrected chi connectivity index (χ3v) is 0.552. The Bertz CT molecular complexity index is 80.5. The Labute approximate surface area is 85.3 Å². The van der Waals surface area contributed by atoms with Crippen LogP contribution in [0.25, 0.3) is 0 Å². The average molecular weight is 365 g/mol. The molecule has 0 aliphatic carbocycles. The van der Waals surface area contributed by atoms with E-state index in [0.717, 1.165) is 0 Å². The van der Waals surface area contributed by atoms with E-state index in [9.17, 15) is 0 Å². The smallest absolute Gasteiger partial charge is 0 e. The van der Waals surface area contributed by atoms with Gasteiger partial charge in [0.25, 0.3) is 0 Å². The van der Waals surface area contributed by atoms with E-state index in [4.69, 9.17) is 0 Å². The Morgan fingerprint density at radius 2 is 1.00 bits per heavy atom. The van der Waals surface area contributed by atoms with Gasteiger partial charge in [-0.2, -0.15) is 0 Å². The van der Waals surface area contributed by atoms with Gasteiger partial charge in [0, 0.05) is 49.7 Å². The van der Waals surface area contributed by atoms with Gasteiger partial charge in [0.05, 0.1) is 0 Å². The molecule has 0 amide bonds. The number of rotatable bonds is 0. The van der Waals surface area contributed by atoms with Gasteiger partial charge in [-0.15, -0.1) is 0 Å². The van der Waals surface area contributed by atoms with Crippen molar-refractivity contribution in [2.24, 2.45) is 0 Å². The summed E-state index contributed by atoms with van der Waals surface area (Å²) in [5.41, 5.74) is 0. The van der Waals surface area contributed by atoms with E-state index in [1.807, 2.05) is 24.3 Å². The van der Waals surface area contributed by atoms with Crippen LogP contribution in [0.5, 0.6) is 0 Å². The summed E-state index contributed by atoms with van der Waals surface area (Å²) in [6.07, 6.45) is 0. The summed E-state index contributed by atoms with van der Waals surface area (Å²) in [4.78, 5) is 0. The van der Waals surface area contributed by atoms with Gasteiger partial charge in [0.2, 0.25) is 0 Å². The van der Waals surface area contributed by atoms with Crippen molar-refractivity contribution in [1.82, 2.24) is 0 Å². The van der Waals surface area contributed by atoms with Crippen molar-refractivity contribution >= 4 is 0 Å². The first kappa shape index (κ1) is 11.6. The van der Waals surface area contributed by atoms with Gasteiger partial charge in [0.1, 0.15) is 0 Å². The van der Waals surface area contributed by atoms with Gasteiger partial charge in [-0.25, -0.2) is 0 Å². The van der Waals surface area contributed by atoms with E-state index in [1.54, 1.807) is 0 Å². The molecule has 0 bridgehead atoms. The zero-order valence-electron chi connectivity index (χ0n) is 4.26. The molecule has 0 spiro atoms. The number of hydrogen-bond donors (Lipinski definition) is 0. The Hall–Kier alpha value is 0.856. The van der Waals surface area contributed by atoms with Crippen molar-refractivity contribution in [3.8, 4) is 0 Å². The predicted molar refractivity (Wildman–Crippen MR) is 24.1 cm³/mol. The topological polar surface area (TPSA) is 0 Å². The maximum Gasteiger partial charge on any atom is 0 e. The third-order valence-electron chi connectivity index (χ3n) is 0.552. The fraction of sp³-hybridized carbons (Fsp3) is 0. The molecule has 1 rings (SSSR count). The molecule has 8 heavy (non-hydrogen) atoms. The Balaban J connectivity index is 0. The molecule has 1 aromatic rings. The van der Waals surface area contributed by atoms with Crippen LogP contribution in [-0.2, 0) is 18.6 Å². The van der Waals surface area contributed by atoms with Crippen LogP contribution in [0.2, 0.25) is 0 Å². The maximum atomic E-state index is 2.86. The molecular formula is C6H4UV-2. The van der Waals surface area contributed by atoms with Crippen molar-refractivity contribution in [2.45, 2.75) is 0 Å². The van der Waals surface area contributed by atoms with Crippen molar-refractivity contribution in [3.05, 3.63) is 36.4 Å². The Morgan fingerprint density at radius 1 is 0.750 bits per heavy atom. The zero-order valence-corrected chi connectivity index (χ0v) is 9.82.